The molecule has 0 fully saturated rings. The van der Waals surface area contributed by atoms with Crippen LogP contribution in [0.1, 0.15) is 46.0 Å². The lowest BCUT2D eigenvalue weighted by atomic mass is 10.1. The Kier molecular flexibility index (Phi) is 11.5. The molecule has 0 aromatic carbocycles. The van der Waals surface area contributed by atoms with E-state index in [0.29, 0.717) is 12.3 Å². The summed E-state index contributed by atoms with van der Waals surface area (Å²) in [6.45, 7) is 7.80. The van der Waals surface area contributed by atoms with Crippen LogP contribution in [0.15, 0.2) is 36.0 Å². The molecule has 0 aliphatic carbocycles. The van der Waals surface area contributed by atoms with Gasteiger partial charge in [0, 0.05) is 17.9 Å². The summed E-state index contributed by atoms with van der Waals surface area (Å²) in [6, 6.07) is 0. The van der Waals surface area contributed by atoms with Crippen LogP contribution < -0.4 is 0 Å². The predicted molar refractivity (Wildman–Crippen MR) is 85.3 cm³/mol. The molecule has 0 aromatic rings. The fourth-order valence-corrected chi connectivity index (χ4v) is 1.64. The van der Waals surface area contributed by atoms with Crippen molar-refractivity contribution in [2.24, 2.45) is 0 Å². The summed E-state index contributed by atoms with van der Waals surface area (Å²) >= 11 is 5.62. The normalized spacial score (nSPS) is 12.3. The van der Waals surface area contributed by atoms with Crippen LogP contribution >= 0.6 is 11.6 Å². The number of alkyl halides is 1. The first kappa shape index (κ1) is 18.0. The standard InChI is InChI=1S/C17H25ClO/c1-4-9-17(19)14-16(11-6-5-7-13-18)12-8-10-15(2)3/h4,10,14,17,19H,1,5,7-9,12-13H2,2-3H3/b16-14+. The van der Waals surface area contributed by atoms with Crippen molar-refractivity contribution in [3.63, 3.8) is 0 Å². The van der Waals surface area contributed by atoms with Crippen molar-refractivity contribution < 1.29 is 5.11 Å². The van der Waals surface area contributed by atoms with E-state index < -0.39 is 6.10 Å². The molecule has 0 amide bonds. The van der Waals surface area contributed by atoms with Gasteiger partial charge in [0.25, 0.3) is 0 Å². The van der Waals surface area contributed by atoms with Gasteiger partial charge in [-0.1, -0.05) is 29.6 Å². The van der Waals surface area contributed by atoms with Crippen LogP contribution in [-0.4, -0.2) is 17.1 Å². The van der Waals surface area contributed by atoms with Crippen molar-refractivity contribution in [2.45, 2.75) is 52.1 Å². The average Bonchev–Trinajstić information content (AvgIpc) is 2.34. The van der Waals surface area contributed by atoms with E-state index in [0.717, 1.165) is 31.3 Å². The first-order valence-electron chi connectivity index (χ1n) is 6.78. The third kappa shape index (κ3) is 11.8. The molecule has 0 aliphatic heterocycles. The van der Waals surface area contributed by atoms with E-state index in [4.69, 9.17) is 11.6 Å². The van der Waals surface area contributed by atoms with Gasteiger partial charge in [-0.15, -0.1) is 18.2 Å². The predicted octanol–water partition coefficient (Wildman–Crippen LogP) is 4.62. The molecule has 0 saturated carbocycles. The lowest BCUT2D eigenvalue weighted by Gasteiger charge is -2.04. The number of unbranched alkanes of at least 4 members (excludes halogenated alkanes) is 1. The van der Waals surface area contributed by atoms with Gasteiger partial charge in [-0.2, -0.15) is 0 Å². The molecule has 0 radical (unpaired) electrons. The van der Waals surface area contributed by atoms with E-state index >= 15 is 0 Å². The summed E-state index contributed by atoms with van der Waals surface area (Å²) in [6.07, 6.45) is 9.37. The third-order valence-corrected chi connectivity index (χ3v) is 2.72. The van der Waals surface area contributed by atoms with Gasteiger partial charge in [0.05, 0.1) is 6.10 Å². The Balaban J connectivity index is 4.56. The second-order valence-corrected chi connectivity index (χ2v) is 5.08. The Morgan fingerprint density at radius 1 is 1.42 bits per heavy atom. The third-order valence-electron chi connectivity index (χ3n) is 2.45. The summed E-state index contributed by atoms with van der Waals surface area (Å²) in [7, 11) is 0. The maximum Gasteiger partial charge on any atom is 0.0767 e. The maximum absolute atomic E-state index is 9.78. The molecule has 1 atom stereocenters. The molecule has 0 saturated heterocycles. The topological polar surface area (TPSA) is 20.2 Å². The van der Waals surface area contributed by atoms with Crippen molar-refractivity contribution in [3.05, 3.63) is 36.0 Å². The summed E-state index contributed by atoms with van der Waals surface area (Å²) in [5.41, 5.74) is 2.31. The SMILES string of the molecule is C=CCC(O)/C=C(\C#CCCCCl)CCC=C(C)C. The van der Waals surface area contributed by atoms with Gasteiger partial charge in [0.15, 0.2) is 0 Å². The fraction of sp³-hybridized carbons (Fsp3) is 0.529. The van der Waals surface area contributed by atoms with Gasteiger partial charge < -0.3 is 5.11 Å². The molecule has 0 aliphatic rings. The monoisotopic (exact) mass is 280 g/mol. The van der Waals surface area contributed by atoms with Crippen molar-refractivity contribution in [1.82, 2.24) is 0 Å². The van der Waals surface area contributed by atoms with Crippen molar-refractivity contribution >= 4 is 11.6 Å². The molecule has 1 N–H and O–H groups in total. The van der Waals surface area contributed by atoms with Crippen LogP contribution in [0.2, 0.25) is 0 Å². The Morgan fingerprint density at radius 3 is 2.74 bits per heavy atom. The largest absolute Gasteiger partial charge is 0.389 e. The minimum atomic E-state index is -0.485. The highest BCUT2D eigenvalue weighted by molar-refractivity contribution is 6.17. The molecular weight excluding hydrogens is 256 g/mol. The van der Waals surface area contributed by atoms with Gasteiger partial charge in [0.2, 0.25) is 0 Å². The Morgan fingerprint density at radius 2 is 2.16 bits per heavy atom. The Hall–Kier alpha value is -0.970. The van der Waals surface area contributed by atoms with Gasteiger partial charge in [0.1, 0.15) is 0 Å². The number of hydrogen-bond donors (Lipinski definition) is 1. The number of aliphatic hydroxyl groups is 1. The summed E-state index contributed by atoms with van der Waals surface area (Å²) in [4.78, 5) is 0. The van der Waals surface area contributed by atoms with Crippen LogP contribution in [0.4, 0.5) is 0 Å². The summed E-state index contributed by atoms with van der Waals surface area (Å²) in [5.74, 6) is 6.90. The molecule has 0 heterocycles. The lowest BCUT2D eigenvalue weighted by Crippen LogP contribution is -2.01. The van der Waals surface area contributed by atoms with Crippen molar-refractivity contribution in [1.29, 1.82) is 0 Å². The second kappa shape index (κ2) is 12.1. The number of aliphatic hydroxyl groups excluding tert-OH is 1. The highest BCUT2D eigenvalue weighted by Gasteiger charge is 1.99. The summed E-state index contributed by atoms with van der Waals surface area (Å²) < 4.78 is 0. The zero-order valence-electron chi connectivity index (χ0n) is 12.1. The molecular formula is C17H25ClO. The van der Waals surface area contributed by atoms with Gasteiger partial charge in [-0.3, -0.25) is 0 Å². The zero-order chi connectivity index (χ0) is 14.5. The van der Waals surface area contributed by atoms with Crippen molar-refractivity contribution in [2.75, 3.05) is 5.88 Å². The minimum Gasteiger partial charge on any atom is -0.389 e. The van der Waals surface area contributed by atoms with E-state index in [2.05, 4.69) is 38.3 Å². The second-order valence-electron chi connectivity index (χ2n) is 4.70. The lowest BCUT2D eigenvalue weighted by molar-refractivity contribution is 0.226. The Labute approximate surface area is 123 Å². The van der Waals surface area contributed by atoms with Crippen LogP contribution in [0.3, 0.4) is 0 Å². The number of hydrogen-bond acceptors (Lipinski definition) is 1. The number of allylic oxidation sites excluding steroid dienone is 3. The highest BCUT2D eigenvalue weighted by atomic mass is 35.5. The molecule has 1 nitrogen and oxygen atoms in total. The summed E-state index contributed by atoms with van der Waals surface area (Å²) in [5, 5.41) is 9.78. The van der Waals surface area contributed by atoms with E-state index in [1.165, 1.54) is 5.57 Å². The van der Waals surface area contributed by atoms with Crippen LogP contribution in [0.25, 0.3) is 0 Å². The van der Waals surface area contributed by atoms with Crippen LogP contribution in [0, 0.1) is 11.8 Å². The molecule has 106 valence electrons. The fourth-order valence-electron chi connectivity index (χ4n) is 1.51. The van der Waals surface area contributed by atoms with Gasteiger partial charge in [-0.05, 0) is 45.6 Å². The van der Waals surface area contributed by atoms with E-state index in [-0.39, 0.29) is 0 Å². The van der Waals surface area contributed by atoms with Crippen molar-refractivity contribution in [3.8, 4) is 11.8 Å². The smallest absolute Gasteiger partial charge is 0.0767 e. The minimum absolute atomic E-state index is 0.485. The molecule has 0 spiro atoms. The average molecular weight is 281 g/mol. The first-order valence-corrected chi connectivity index (χ1v) is 7.31. The van der Waals surface area contributed by atoms with E-state index in [1.54, 1.807) is 6.08 Å². The Bertz CT molecular complexity index is 364. The molecule has 19 heavy (non-hydrogen) atoms. The maximum atomic E-state index is 9.78. The molecule has 1 unspecified atom stereocenters. The quantitative estimate of drug-likeness (QED) is 0.298. The highest BCUT2D eigenvalue weighted by Crippen LogP contribution is 2.09. The first-order chi connectivity index (χ1) is 9.10. The van der Waals surface area contributed by atoms with Gasteiger partial charge in [-0.25, -0.2) is 0 Å². The molecule has 0 rings (SSSR count). The van der Waals surface area contributed by atoms with Crippen LogP contribution in [-0.2, 0) is 0 Å². The number of rotatable bonds is 8. The molecule has 0 bridgehead atoms. The number of halogens is 1. The molecule has 0 aromatic heterocycles. The van der Waals surface area contributed by atoms with E-state index in [9.17, 15) is 5.11 Å². The van der Waals surface area contributed by atoms with Crippen LogP contribution in [0.5, 0.6) is 0 Å². The van der Waals surface area contributed by atoms with E-state index in [1.807, 2.05) is 6.08 Å². The van der Waals surface area contributed by atoms with Gasteiger partial charge >= 0.3 is 0 Å². The zero-order valence-corrected chi connectivity index (χ0v) is 12.8. The molecule has 2 heteroatoms.